The number of benzene rings is 1. The van der Waals surface area contributed by atoms with Crippen LogP contribution in [0, 0.1) is 5.82 Å². The number of nitrogens with one attached hydrogen (secondary N) is 2. The first-order valence-corrected chi connectivity index (χ1v) is 7.05. The van der Waals surface area contributed by atoms with Crippen molar-refractivity contribution in [3.05, 3.63) is 40.2 Å². The van der Waals surface area contributed by atoms with Crippen LogP contribution < -0.4 is 16.6 Å². The molecule has 1 aliphatic carbocycles. The van der Waals surface area contributed by atoms with E-state index in [-0.39, 0.29) is 11.3 Å². The molecule has 0 spiro atoms. The number of fused-ring (bicyclic) bond motifs is 1. The van der Waals surface area contributed by atoms with E-state index in [1.807, 2.05) is 0 Å². The molecule has 1 amide bonds. The van der Waals surface area contributed by atoms with Crippen LogP contribution in [0.2, 0.25) is 0 Å². The van der Waals surface area contributed by atoms with Gasteiger partial charge >= 0.3 is 0 Å². The molecule has 0 bridgehead atoms. The third kappa shape index (κ3) is 2.25. The lowest BCUT2D eigenvalue weighted by Gasteiger charge is -2.08. The minimum Gasteiger partial charge on any atom is -0.321 e. The van der Waals surface area contributed by atoms with E-state index < -0.39 is 11.7 Å². The van der Waals surface area contributed by atoms with Crippen LogP contribution in [0.15, 0.2) is 18.2 Å². The quantitative estimate of drug-likeness (QED) is 0.599. The molecular formula is C13H13FN4OS. The number of carbonyl (C=O) groups is 1. The molecule has 3 rings (SSSR count). The van der Waals surface area contributed by atoms with E-state index >= 15 is 0 Å². The number of halogens is 1. The van der Waals surface area contributed by atoms with Crippen molar-refractivity contribution >= 4 is 28.1 Å². The second-order valence-electron chi connectivity index (χ2n) is 4.50. The molecule has 0 atom stereocenters. The molecule has 0 unspecified atom stereocenters. The van der Waals surface area contributed by atoms with E-state index in [2.05, 4.69) is 15.7 Å². The molecule has 1 aliphatic rings. The highest BCUT2D eigenvalue weighted by Crippen LogP contribution is 2.31. The van der Waals surface area contributed by atoms with Gasteiger partial charge in [0, 0.05) is 4.88 Å². The van der Waals surface area contributed by atoms with Gasteiger partial charge in [0.05, 0.1) is 16.9 Å². The van der Waals surface area contributed by atoms with Gasteiger partial charge in [-0.1, -0.05) is 6.07 Å². The van der Waals surface area contributed by atoms with Crippen LogP contribution in [0.5, 0.6) is 0 Å². The minimum atomic E-state index is -0.568. The molecule has 5 nitrogen and oxygen atoms in total. The fourth-order valence-corrected chi connectivity index (χ4v) is 3.31. The molecule has 0 fully saturated rings. The van der Waals surface area contributed by atoms with Crippen molar-refractivity contribution in [1.29, 1.82) is 0 Å². The molecule has 0 saturated carbocycles. The SMILES string of the molecule is NNc1c(F)cccc1C(=O)Nc1nc2c(s1)CCC2. The number of hydrazine groups is 1. The first-order valence-electron chi connectivity index (χ1n) is 6.24. The molecule has 20 heavy (non-hydrogen) atoms. The van der Waals surface area contributed by atoms with Crippen LogP contribution in [0.4, 0.5) is 15.2 Å². The number of nitrogens with zero attached hydrogens (tertiary/aromatic N) is 1. The number of hydrogen-bond donors (Lipinski definition) is 3. The van der Waals surface area contributed by atoms with Gasteiger partial charge in [0.1, 0.15) is 5.82 Å². The topological polar surface area (TPSA) is 80.0 Å². The van der Waals surface area contributed by atoms with Crippen LogP contribution in [0.3, 0.4) is 0 Å². The first kappa shape index (κ1) is 13.0. The van der Waals surface area contributed by atoms with Crippen LogP contribution in [-0.4, -0.2) is 10.9 Å². The summed E-state index contributed by atoms with van der Waals surface area (Å²) in [6.45, 7) is 0. The molecule has 0 radical (unpaired) electrons. The first-order chi connectivity index (χ1) is 9.69. The third-order valence-electron chi connectivity index (χ3n) is 3.22. The number of aromatic nitrogens is 1. The number of nitrogen functional groups attached to an aromatic ring is 1. The van der Waals surface area contributed by atoms with E-state index in [9.17, 15) is 9.18 Å². The fraction of sp³-hybridized carbons (Fsp3) is 0.231. The summed E-state index contributed by atoms with van der Waals surface area (Å²) < 4.78 is 13.5. The summed E-state index contributed by atoms with van der Waals surface area (Å²) in [6.07, 6.45) is 3.09. The summed E-state index contributed by atoms with van der Waals surface area (Å²) in [4.78, 5) is 17.8. The number of amides is 1. The van der Waals surface area contributed by atoms with E-state index in [0.717, 1.165) is 25.0 Å². The van der Waals surface area contributed by atoms with Crippen molar-refractivity contribution in [1.82, 2.24) is 4.98 Å². The summed E-state index contributed by atoms with van der Waals surface area (Å²) in [5, 5.41) is 3.24. The van der Waals surface area contributed by atoms with Gasteiger partial charge in [-0.2, -0.15) is 0 Å². The predicted molar refractivity (Wildman–Crippen MR) is 76.3 cm³/mol. The van der Waals surface area contributed by atoms with Gasteiger partial charge in [-0.3, -0.25) is 16.0 Å². The fourth-order valence-electron chi connectivity index (χ4n) is 2.27. The Morgan fingerprint density at radius 1 is 1.40 bits per heavy atom. The van der Waals surface area contributed by atoms with E-state index in [4.69, 9.17) is 5.84 Å². The highest BCUT2D eigenvalue weighted by Gasteiger charge is 2.20. The summed E-state index contributed by atoms with van der Waals surface area (Å²) in [5.41, 5.74) is 3.41. The Hall–Kier alpha value is -1.99. The summed E-state index contributed by atoms with van der Waals surface area (Å²) >= 11 is 1.47. The van der Waals surface area contributed by atoms with Crippen LogP contribution in [0.1, 0.15) is 27.3 Å². The zero-order chi connectivity index (χ0) is 14.1. The maximum Gasteiger partial charge on any atom is 0.259 e. The Morgan fingerprint density at radius 2 is 2.25 bits per heavy atom. The maximum atomic E-state index is 13.5. The molecule has 1 aromatic heterocycles. The summed E-state index contributed by atoms with van der Waals surface area (Å²) in [5.74, 6) is 4.26. The van der Waals surface area contributed by atoms with Crippen molar-refractivity contribution in [2.45, 2.75) is 19.3 Å². The van der Waals surface area contributed by atoms with Gasteiger partial charge in [0.15, 0.2) is 5.13 Å². The number of para-hydroxylation sites is 1. The number of carbonyl (C=O) groups excluding carboxylic acids is 1. The van der Waals surface area contributed by atoms with Gasteiger partial charge in [-0.25, -0.2) is 9.37 Å². The van der Waals surface area contributed by atoms with Crippen LogP contribution >= 0.6 is 11.3 Å². The average Bonchev–Trinajstić information content (AvgIpc) is 2.99. The van der Waals surface area contributed by atoms with E-state index in [1.165, 1.54) is 34.4 Å². The molecule has 104 valence electrons. The third-order valence-corrected chi connectivity index (χ3v) is 4.29. The van der Waals surface area contributed by atoms with Gasteiger partial charge in [0.25, 0.3) is 5.91 Å². The van der Waals surface area contributed by atoms with E-state index in [1.54, 1.807) is 0 Å². The molecular weight excluding hydrogens is 279 g/mol. The van der Waals surface area contributed by atoms with Gasteiger partial charge in [-0.05, 0) is 31.4 Å². The molecule has 7 heteroatoms. The highest BCUT2D eigenvalue weighted by molar-refractivity contribution is 7.16. The molecule has 0 saturated heterocycles. The normalized spacial score (nSPS) is 13.1. The minimum absolute atomic E-state index is 0.0194. The largest absolute Gasteiger partial charge is 0.321 e. The maximum absolute atomic E-state index is 13.5. The Bertz CT molecular complexity index is 649. The molecule has 1 aromatic carbocycles. The monoisotopic (exact) mass is 292 g/mol. The second kappa shape index (κ2) is 5.18. The smallest absolute Gasteiger partial charge is 0.259 e. The predicted octanol–water partition coefficient (Wildman–Crippen LogP) is 2.31. The lowest BCUT2D eigenvalue weighted by atomic mass is 10.1. The molecule has 1 heterocycles. The van der Waals surface area contributed by atoms with Crippen molar-refractivity contribution in [3.63, 3.8) is 0 Å². The number of rotatable bonds is 3. The number of thiazole rings is 1. The van der Waals surface area contributed by atoms with Gasteiger partial charge in [0.2, 0.25) is 0 Å². The Labute approximate surface area is 119 Å². The molecule has 0 aliphatic heterocycles. The van der Waals surface area contributed by atoms with Gasteiger partial charge < -0.3 is 5.43 Å². The number of aryl methyl sites for hydroxylation is 2. The van der Waals surface area contributed by atoms with Crippen molar-refractivity contribution in [2.75, 3.05) is 10.7 Å². The van der Waals surface area contributed by atoms with Crippen LogP contribution in [0.25, 0.3) is 0 Å². The van der Waals surface area contributed by atoms with E-state index in [0.29, 0.717) is 5.13 Å². The van der Waals surface area contributed by atoms with Crippen LogP contribution in [-0.2, 0) is 12.8 Å². The summed E-state index contributed by atoms with van der Waals surface area (Å²) in [6, 6.07) is 4.21. The van der Waals surface area contributed by atoms with Gasteiger partial charge in [-0.15, -0.1) is 11.3 Å². The van der Waals surface area contributed by atoms with Crippen molar-refractivity contribution in [2.24, 2.45) is 5.84 Å². The lowest BCUT2D eigenvalue weighted by molar-refractivity contribution is 0.102. The molecule has 4 N–H and O–H groups in total. The zero-order valence-corrected chi connectivity index (χ0v) is 11.4. The highest BCUT2D eigenvalue weighted by atomic mass is 32.1. The number of anilines is 2. The van der Waals surface area contributed by atoms with Crippen molar-refractivity contribution in [3.8, 4) is 0 Å². The zero-order valence-electron chi connectivity index (χ0n) is 10.6. The second-order valence-corrected chi connectivity index (χ2v) is 5.59. The Balaban J connectivity index is 1.84. The Morgan fingerprint density at radius 3 is 3.00 bits per heavy atom. The standard InChI is InChI=1S/C13H13FN4OS/c14-8-4-1-3-7(11(8)18-15)12(19)17-13-16-9-5-2-6-10(9)20-13/h1,3-4,18H,2,5-6,15H2,(H,16,17,19). The molecule has 2 aromatic rings. The number of nitrogens with two attached hydrogens (primary N) is 1. The number of hydrogen-bond acceptors (Lipinski definition) is 5. The Kier molecular flexibility index (Phi) is 3.37. The van der Waals surface area contributed by atoms with Crippen molar-refractivity contribution < 1.29 is 9.18 Å². The average molecular weight is 292 g/mol. The summed E-state index contributed by atoms with van der Waals surface area (Å²) in [7, 11) is 0. The lowest BCUT2D eigenvalue weighted by Crippen LogP contribution is -2.18.